The van der Waals surface area contributed by atoms with Gasteiger partial charge in [0.05, 0.1) is 39.0 Å². The number of hydrogen-bond acceptors (Lipinski definition) is 8. The Kier molecular flexibility index (Phi) is 11.8. The second-order valence-electron chi connectivity index (χ2n) is 13.9. The zero-order valence-corrected chi connectivity index (χ0v) is 31.8. The van der Waals surface area contributed by atoms with Gasteiger partial charge in [-0.25, -0.2) is 18.7 Å². The zero-order valence-electron chi connectivity index (χ0n) is 30.2. The zero-order chi connectivity index (χ0) is 44.1. The van der Waals surface area contributed by atoms with Crippen molar-refractivity contribution in [3.05, 3.63) is 99.3 Å². The molecule has 22 heteroatoms. The predicted molar refractivity (Wildman–Crippen MR) is 186 cm³/mol. The molecule has 1 aliphatic carbocycles. The van der Waals surface area contributed by atoms with Crippen LogP contribution in [0.25, 0.3) is 16.8 Å². The van der Waals surface area contributed by atoms with Crippen molar-refractivity contribution >= 4 is 41.0 Å². The van der Waals surface area contributed by atoms with Crippen LogP contribution in [0.2, 0.25) is 10.0 Å². The molecule has 1 aromatic heterocycles. The Morgan fingerprint density at radius 1 is 0.831 bits per heavy atom. The molecule has 1 saturated carbocycles. The van der Waals surface area contributed by atoms with Crippen LogP contribution in [0.1, 0.15) is 70.3 Å². The van der Waals surface area contributed by atoms with Crippen LogP contribution in [0, 0.1) is 11.3 Å². The Hall–Kier alpha value is -5.55. The van der Waals surface area contributed by atoms with Crippen molar-refractivity contribution in [2.24, 2.45) is 0 Å². The standard InChI is InChI=1S/C37H26Cl2F10N4O6/c1-32(2,3)59-31(56)20-6-4-19(5-7-20)30(55)57-18-52(33(17-50)10-11-33)29(54)24-12-21(8-9-25(24)38)22-15-51-53(16-22)28-26(39)13-23(14-27(28)58-37(47,48)49)34(40,35(41,42)43)36(44,45)46/h4-9,12-16H,10-11,18H2,1-3H3. The molecule has 314 valence electrons. The molecule has 1 aliphatic rings. The summed E-state index contributed by atoms with van der Waals surface area (Å²) in [4.78, 5) is 40.2. The average Bonchev–Trinajstić information content (AvgIpc) is 3.76. The van der Waals surface area contributed by atoms with Crippen molar-refractivity contribution in [3.63, 3.8) is 0 Å². The second-order valence-corrected chi connectivity index (χ2v) is 14.7. The average molecular weight is 884 g/mol. The number of halogens is 12. The highest BCUT2D eigenvalue weighted by atomic mass is 35.5. The SMILES string of the molecule is CC(C)(C)OC(=O)c1ccc(C(=O)OCN(C(=O)c2cc(-c3cnn(-c4c(Cl)cc(C(F)(C(F)(F)F)C(F)(F)F)cc4OC(F)(F)F)c3)ccc2Cl)C2(C#N)CC2)cc1. The fraction of sp³-hybridized carbons (Fsp3) is 0.324. The summed E-state index contributed by atoms with van der Waals surface area (Å²) in [6, 6.07) is 10.2. The van der Waals surface area contributed by atoms with Crippen LogP contribution in [0.3, 0.4) is 0 Å². The summed E-state index contributed by atoms with van der Waals surface area (Å²) in [6.07, 6.45) is -16.9. The van der Waals surface area contributed by atoms with Gasteiger partial charge in [0, 0.05) is 17.3 Å². The molecule has 4 aromatic rings. The molecule has 0 atom stereocenters. The van der Waals surface area contributed by atoms with Gasteiger partial charge in [-0.3, -0.25) is 9.69 Å². The Bertz CT molecular complexity index is 2310. The molecule has 0 saturated heterocycles. The molecular formula is C37H26Cl2F10N4O6. The molecule has 0 spiro atoms. The van der Waals surface area contributed by atoms with Gasteiger partial charge in [0.2, 0.25) is 0 Å². The monoisotopic (exact) mass is 882 g/mol. The van der Waals surface area contributed by atoms with E-state index < -0.39 is 88.2 Å². The van der Waals surface area contributed by atoms with E-state index in [0.29, 0.717) is 4.68 Å². The van der Waals surface area contributed by atoms with E-state index in [-0.39, 0.29) is 51.7 Å². The predicted octanol–water partition coefficient (Wildman–Crippen LogP) is 10.3. The highest BCUT2D eigenvalue weighted by molar-refractivity contribution is 6.34. The first kappa shape index (κ1) is 44.6. The van der Waals surface area contributed by atoms with Crippen molar-refractivity contribution < 1.29 is 72.5 Å². The molecule has 10 nitrogen and oxygen atoms in total. The lowest BCUT2D eigenvalue weighted by molar-refractivity contribution is -0.348. The third kappa shape index (κ3) is 9.36. The van der Waals surface area contributed by atoms with Gasteiger partial charge in [0.15, 0.2) is 12.5 Å². The van der Waals surface area contributed by atoms with E-state index in [1.807, 2.05) is 6.07 Å². The second kappa shape index (κ2) is 15.6. The number of carbonyl (C=O) groups is 3. The number of benzene rings is 3. The number of hydrogen-bond donors (Lipinski definition) is 0. The van der Waals surface area contributed by atoms with Crippen molar-refractivity contribution in [2.45, 2.75) is 69.1 Å². The number of carbonyl (C=O) groups excluding carboxylic acids is 3. The van der Waals surface area contributed by atoms with E-state index in [4.69, 9.17) is 32.7 Å². The minimum Gasteiger partial charge on any atom is -0.456 e. The largest absolute Gasteiger partial charge is 0.573 e. The number of aromatic nitrogens is 2. The molecule has 1 fully saturated rings. The van der Waals surface area contributed by atoms with Gasteiger partial charge in [-0.1, -0.05) is 29.3 Å². The van der Waals surface area contributed by atoms with Crippen LogP contribution in [0.4, 0.5) is 43.9 Å². The smallest absolute Gasteiger partial charge is 0.456 e. The van der Waals surface area contributed by atoms with E-state index in [9.17, 15) is 63.5 Å². The number of nitriles is 1. The molecule has 0 aliphatic heterocycles. The molecule has 0 bridgehead atoms. The molecule has 0 N–H and O–H groups in total. The van der Waals surface area contributed by atoms with E-state index >= 15 is 0 Å². The summed E-state index contributed by atoms with van der Waals surface area (Å²) in [5.41, 5.74) is -11.9. The van der Waals surface area contributed by atoms with Gasteiger partial charge in [-0.2, -0.15) is 36.7 Å². The van der Waals surface area contributed by atoms with Crippen LogP contribution in [-0.2, 0) is 15.1 Å². The van der Waals surface area contributed by atoms with Crippen molar-refractivity contribution in [2.75, 3.05) is 6.73 Å². The topological polar surface area (TPSA) is 124 Å². The van der Waals surface area contributed by atoms with Crippen LogP contribution >= 0.6 is 23.2 Å². The Morgan fingerprint density at radius 2 is 1.41 bits per heavy atom. The van der Waals surface area contributed by atoms with Gasteiger partial charge < -0.3 is 14.2 Å². The number of nitrogens with zero attached hydrogens (tertiary/aromatic N) is 4. The first-order valence-corrected chi connectivity index (χ1v) is 17.4. The Morgan fingerprint density at radius 3 is 1.92 bits per heavy atom. The van der Waals surface area contributed by atoms with E-state index in [2.05, 4.69) is 9.84 Å². The van der Waals surface area contributed by atoms with Crippen LogP contribution in [0.15, 0.2) is 67.0 Å². The number of alkyl halides is 10. The first-order valence-electron chi connectivity index (χ1n) is 16.6. The van der Waals surface area contributed by atoms with E-state index in [1.54, 1.807) is 20.8 Å². The maximum absolute atomic E-state index is 14.9. The highest BCUT2D eigenvalue weighted by Crippen LogP contribution is 2.55. The summed E-state index contributed by atoms with van der Waals surface area (Å²) >= 11 is 12.3. The van der Waals surface area contributed by atoms with Gasteiger partial charge in [-0.05, 0) is 87.7 Å². The molecule has 3 aromatic carbocycles. The summed E-state index contributed by atoms with van der Waals surface area (Å²) in [5.74, 6) is -4.28. The highest BCUT2D eigenvalue weighted by Gasteiger charge is 2.73. The molecule has 0 radical (unpaired) electrons. The van der Waals surface area contributed by atoms with E-state index in [1.165, 1.54) is 36.4 Å². The fourth-order valence-electron chi connectivity index (χ4n) is 5.52. The first-order chi connectivity index (χ1) is 27.1. The molecule has 1 heterocycles. The lowest BCUT2D eigenvalue weighted by Crippen LogP contribution is -2.50. The summed E-state index contributed by atoms with van der Waals surface area (Å²) in [5, 5.41) is 12.3. The van der Waals surface area contributed by atoms with Crippen molar-refractivity contribution in [1.29, 1.82) is 5.26 Å². The van der Waals surface area contributed by atoms with Crippen LogP contribution in [0.5, 0.6) is 5.75 Å². The fourth-order valence-corrected chi connectivity index (χ4v) is 6.01. The molecule has 59 heavy (non-hydrogen) atoms. The van der Waals surface area contributed by atoms with Crippen LogP contribution < -0.4 is 4.74 Å². The quantitative estimate of drug-likeness (QED) is 0.0876. The van der Waals surface area contributed by atoms with Gasteiger partial charge in [0.1, 0.15) is 16.8 Å². The molecule has 5 rings (SSSR count). The molecule has 0 unspecified atom stereocenters. The lowest BCUT2D eigenvalue weighted by Gasteiger charge is -2.31. The van der Waals surface area contributed by atoms with Gasteiger partial charge in [0.25, 0.3) is 5.91 Å². The van der Waals surface area contributed by atoms with Gasteiger partial charge in [-0.15, -0.1) is 13.2 Å². The summed E-state index contributed by atoms with van der Waals surface area (Å²) in [7, 11) is 0. The molecular weight excluding hydrogens is 857 g/mol. The number of ether oxygens (including phenoxy) is 3. The van der Waals surface area contributed by atoms with Crippen LogP contribution in [-0.4, -0.2) is 69.1 Å². The summed E-state index contributed by atoms with van der Waals surface area (Å²) in [6.45, 7) is 4.26. The minimum atomic E-state index is -6.70. The lowest BCUT2D eigenvalue weighted by atomic mass is 9.93. The van der Waals surface area contributed by atoms with Crippen molar-refractivity contribution in [1.82, 2.24) is 14.7 Å². The van der Waals surface area contributed by atoms with Crippen molar-refractivity contribution in [3.8, 4) is 28.6 Å². The Labute approximate surface area is 336 Å². The third-order valence-electron chi connectivity index (χ3n) is 8.55. The maximum atomic E-state index is 14.9. The molecule has 1 amide bonds. The number of amides is 1. The number of rotatable bonds is 10. The number of esters is 2. The van der Waals surface area contributed by atoms with Gasteiger partial charge >= 0.3 is 36.3 Å². The third-order valence-corrected chi connectivity index (χ3v) is 9.17. The normalized spacial score (nSPS) is 14.3. The summed E-state index contributed by atoms with van der Waals surface area (Å²) < 4.78 is 151. The maximum Gasteiger partial charge on any atom is 0.573 e. The Balaban J connectivity index is 1.45. The minimum absolute atomic E-state index is 0.0215. The van der Waals surface area contributed by atoms with E-state index in [0.717, 1.165) is 23.4 Å².